The van der Waals surface area contributed by atoms with Gasteiger partial charge in [-0.2, -0.15) is 12.4 Å². The molecule has 1 aromatic rings. The van der Waals surface area contributed by atoms with Gasteiger partial charge in [0.15, 0.2) is 0 Å². The van der Waals surface area contributed by atoms with Crippen LogP contribution in [0.1, 0.15) is 12.8 Å². The number of nitrogens with two attached hydrogens (primary N) is 1. The van der Waals surface area contributed by atoms with Crippen LogP contribution in [0.2, 0.25) is 0 Å². The lowest BCUT2D eigenvalue weighted by atomic mass is 10.0. The minimum Gasteiger partial charge on any atom is -0.368 e. The zero-order valence-corrected chi connectivity index (χ0v) is 11.6. The summed E-state index contributed by atoms with van der Waals surface area (Å²) in [6.45, 7) is 0.269. The van der Waals surface area contributed by atoms with Gasteiger partial charge in [-0.25, -0.2) is 9.78 Å². The van der Waals surface area contributed by atoms with Crippen LogP contribution in [0.25, 0.3) is 0 Å². The Morgan fingerprint density at radius 1 is 1.43 bits per heavy atom. The maximum Gasteiger partial charge on any atom is 0.366 e. The van der Waals surface area contributed by atoms with Crippen LogP contribution in [0.3, 0.4) is 0 Å². The van der Waals surface area contributed by atoms with Crippen LogP contribution in [0.4, 0.5) is 10.7 Å². The van der Waals surface area contributed by atoms with E-state index in [0.29, 0.717) is 16.8 Å². The number of hydrogen-bond donors (Lipinski definition) is 2. The minimum atomic E-state index is -4.56. The first-order chi connectivity index (χ1) is 9.80. The predicted octanol–water partition coefficient (Wildman–Crippen LogP) is -1.21. The lowest BCUT2D eigenvalue weighted by Crippen LogP contribution is -2.47. The summed E-state index contributed by atoms with van der Waals surface area (Å²) in [6.07, 6.45) is 3.11. The van der Waals surface area contributed by atoms with Gasteiger partial charge in [0.2, 0.25) is 11.9 Å². The van der Waals surface area contributed by atoms with Gasteiger partial charge in [-0.1, -0.05) is 0 Å². The van der Waals surface area contributed by atoms with Gasteiger partial charge in [0, 0.05) is 18.9 Å². The number of carbonyl (C=O) groups is 2. The molecule has 2 aliphatic heterocycles. The number of aromatic nitrogens is 2. The molecule has 114 valence electrons. The quantitative estimate of drug-likeness (QED) is 0.671. The maximum atomic E-state index is 12.4. The van der Waals surface area contributed by atoms with E-state index in [4.69, 9.17) is 10.3 Å². The molecule has 3 amide bonds. The molecule has 0 saturated carbocycles. The van der Waals surface area contributed by atoms with E-state index in [-0.39, 0.29) is 18.5 Å². The topological polar surface area (TPSA) is 139 Å². The van der Waals surface area contributed by atoms with Crippen molar-refractivity contribution >= 4 is 28.2 Å². The van der Waals surface area contributed by atoms with Gasteiger partial charge in [0.05, 0.1) is 6.04 Å². The van der Waals surface area contributed by atoms with Crippen molar-refractivity contribution in [2.24, 2.45) is 5.73 Å². The molecule has 1 aromatic heterocycles. The first kappa shape index (κ1) is 13.8. The van der Waals surface area contributed by atoms with Crippen molar-refractivity contribution in [1.29, 1.82) is 0 Å². The highest BCUT2D eigenvalue weighted by molar-refractivity contribution is 7.84. The van der Waals surface area contributed by atoms with Gasteiger partial charge in [0.1, 0.15) is 6.04 Å². The summed E-state index contributed by atoms with van der Waals surface area (Å²) in [5, 5.41) is 0. The number of nitrogens with zero attached hydrogens (tertiary/aromatic N) is 4. The van der Waals surface area contributed by atoms with Crippen molar-refractivity contribution in [3.63, 3.8) is 0 Å². The highest BCUT2D eigenvalue weighted by Gasteiger charge is 2.48. The third kappa shape index (κ3) is 2.05. The van der Waals surface area contributed by atoms with E-state index in [0.717, 1.165) is 6.20 Å². The van der Waals surface area contributed by atoms with E-state index in [1.807, 2.05) is 0 Å². The number of imidazole rings is 1. The molecule has 3 N–H and O–H groups in total. The third-order valence-corrected chi connectivity index (χ3v) is 4.54. The Balaban J connectivity index is 2.01. The number of urea groups is 1. The highest BCUT2D eigenvalue weighted by atomic mass is 32.2. The van der Waals surface area contributed by atoms with Crippen molar-refractivity contribution in [1.82, 2.24) is 13.9 Å². The molecule has 2 fully saturated rings. The van der Waals surface area contributed by atoms with Crippen molar-refractivity contribution in [2.45, 2.75) is 24.9 Å². The smallest absolute Gasteiger partial charge is 0.366 e. The average Bonchev–Trinajstić information content (AvgIpc) is 2.94. The molecule has 0 aliphatic carbocycles. The van der Waals surface area contributed by atoms with Crippen LogP contribution in [0.5, 0.6) is 0 Å². The summed E-state index contributed by atoms with van der Waals surface area (Å²) in [7, 11) is -4.56. The first-order valence-electron chi connectivity index (χ1n) is 6.21. The fourth-order valence-corrected chi connectivity index (χ4v) is 3.40. The largest absolute Gasteiger partial charge is 0.368 e. The molecule has 3 rings (SSSR count). The van der Waals surface area contributed by atoms with Gasteiger partial charge in [-0.15, -0.1) is 0 Å². The fraction of sp³-hybridized carbons (Fsp3) is 0.500. The van der Waals surface area contributed by atoms with E-state index in [1.165, 1.54) is 16.0 Å². The Morgan fingerprint density at radius 3 is 2.76 bits per heavy atom. The molecule has 0 spiro atoms. The Kier molecular flexibility index (Phi) is 2.92. The van der Waals surface area contributed by atoms with Gasteiger partial charge < -0.3 is 10.6 Å². The lowest BCUT2D eigenvalue weighted by molar-refractivity contribution is -0.122. The summed E-state index contributed by atoms with van der Waals surface area (Å²) in [4.78, 5) is 30.1. The molecule has 2 bridgehead atoms. The lowest BCUT2D eigenvalue weighted by Gasteiger charge is -2.27. The molecule has 21 heavy (non-hydrogen) atoms. The van der Waals surface area contributed by atoms with Gasteiger partial charge >= 0.3 is 16.3 Å². The predicted molar refractivity (Wildman–Crippen MR) is 69.8 cm³/mol. The molecule has 0 radical (unpaired) electrons. The highest BCUT2D eigenvalue weighted by Crippen LogP contribution is 2.33. The normalized spacial score (nSPS) is 25.5. The summed E-state index contributed by atoms with van der Waals surface area (Å²) >= 11 is 0. The standard InChI is InChI=1S/C10H13N5O5S/c11-8(16)7-2-1-6-5-13(7)10(17)15(6)9-12-3-4-14(9)21(18,19)20/h3-4,6-7H,1-2,5H2,(H2,11,16)(H,18,19,20)/t6-,7+/m1/s1. The van der Waals surface area contributed by atoms with Crippen molar-refractivity contribution < 1.29 is 22.6 Å². The molecular weight excluding hydrogens is 302 g/mol. The number of piperidine rings is 1. The van der Waals surface area contributed by atoms with Gasteiger partial charge in [-0.3, -0.25) is 14.2 Å². The number of carbonyl (C=O) groups excluding carboxylic acids is 2. The molecule has 2 aliphatic rings. The zero-order chi connectivity index (χ0) is 15.4. The molecule has 10 nitrogen and oxygen atoms in total. The number of amides is 3. The second-order valence-electron chi connectivity index (χ2n) is 4.96. The monoisotopic (exact) mass is 315 g/mol. The zero-order valence-electron chi connectivity index (χ0n) is 10.8. The molecule has 3 heterocycles. The van der Waals surface area contributed by atoms with E-state index in [1.54, 1.807) is 0 Å². The molecule has 0 unspecified atom stereocenters. The van der Waals surface area contributed by atoms with Crippen molar-refractivity contribution in [3.8, 4) is 0 Å². The maximum absolute atomic E-state index is 12.4. The van der Waals surface area contributed by atoms with Gasteiger partial charge in [-0.05, 0) is 12.8 Å². The Labute approximate surface area is 120 Å². The van der Waals surface area contributed by atoms with Crippen LogP contribution in [0.15, 0.2) is 12.4 Å². The first-order valence-corrected chi connectivity index (χ1v) is 7.61. The molecule has 2 atom stereocenters. The summed E-state index contributed by atoms with van der Waals surface area (Å²) in [5.41, 5.74) is 5.27. The summed E-state index contributed by atoms with van der Waals surface area (Å²) in [6, 6.07) is -1.55. The third-order valence-electron chi connectivity index (χ3n) is 3.76. The van der Waals surface area contributed by atoms with Crippen molar-refractivity contribution in [2.75, 3.05) is 11.4 Å². The SMILES string of the molecule is NC(=O)[C@@H]1CC[C@@H]2CN1C(=O)N2c1nccn1S(=O)(=O)O. The Bertz CT molecular complexity index is 713. The number of anilines is 1. The molecule has 2 saturated heterocycles. The number of rotatable bonds is 3. The van der Waals surface area contributed by atoms with Crippen LogP contribution >= 0.6 is 0 Å². The molecule has 0 aromatic carbocycles. The Morgan fingerprint density at radius 2 is 2.14 bits per heavy atom. The Hall–Kier alpha value is -2.14. The van der Waals surface area contributed by atoms with Crippen LogP contribution < -0.4 is 10.6 Å². The second kappa shape index (κ2) is 4.43. The fourth-order valence-electron chi connectivity index (χ4n) is 2.85. The number of hydrogen-bond acceptors (Lipinski definition) is 5. The summed E-state index contributed by atoms with van der Waals surface area (Å²) < 4.78 is 32.3. The van der Waals surface area contributed by atoms with Crippen molar-refractivity contribution in [3.05, 3.63) is 12.4 Å². The number of fused-ring (bicyclic) bond motifs is 2. The van der Waals surface area contributed by atoms with E-state index < -0.39 is 28.3 Å². The molecule has 11 heteroatoms. The van der Waals surface area contributed by atoms with Crippen LogP contribution in [0, 0.1) is 0 Å². The average molecular weight is 315 g/mol. The van der Waals surface area contributed by atoms with Gasteiger partial charge in [0.25, 0.3) is 0 Å². The molecular formula is C10H13N5O5S. The number of primary amides is 1. The van der Waals surface area contributed by atoms with E-state index >= 15 is 0 Å². The van der Waals surface area contributed by atoms with E-state index in [9.17, 15) is 18.0 Å². The summed E-state index contributed by atoms with van der Waals surface area (Å²) in [5.74, 6) is -0.790. The second-order valence-corrected chi connectivity index (χ2v) is 6.24. The minimum absolute atomic E-state index is 0.194. The van der Waals surface area contributed by atoms with Crippen LogP contribution in [-0.2, 0) is 15.1 Å². The van der Waals surface area contributed by atoms with E-state index in [2.05, 4.69) is 4.98 Å². The van der Waals surface area contributed by atoms with Crippen LogP contribution in [-0.4, -0.2) is 57.4 Å².